The molecule has 1 rings (SSSR count). The van der Waals surface area contributed by atoms with Gasteiger partial charge in [-0.3, -0.25) is 0 Å². The lowest BCUT2D eigenvalue weighted by molar-refractivity contribution is -0.171. The van der Waals surface area contributed by atoms with Crippen LogP contribution in [0, 0.1) is 11.7 Å². The smallest absolute Gasteiger partial charge is 0.211 e. The third kappa shape index (κ3) is 5.09. The van der Waals surface area contributed by atoms with Crippen molar-refractivity contribution >= 4 is 10.0 Å². The molecule has 20 heavy (non-hydrogen) atoms. The van der Waals surface area contributed by atoms with Gasteiger partial charge in [0.15, 0.2) is 0 Å². The van der Waals surface area contributed by atoms with Crippen LogP contribution in [0.2, 0.25) is 0 Å². The summed E-state index contributed by atoms with van der Waals surface area (Å²) in [5, 5.41) is 0. The van der Waals surface area contributed by atoms with Crippen LogP contribution in [0.15, 0.2) is 29.2 Å². The summed E-state index contributed by atoms with van der Waals surface area (Å²) in [7, 11) is -3.81. The van der Waals surface area contributed by atoms with Crippen LogP contribution < -0.4 is 4.72 Å². The SMILES string of the molecule is CC(CCCNS(=O)(=O)c1ccc(F)cc1)C(F)(F)F. The van der Waals surface area contributed by atoms with Gasteiger partial charge in [0.25, 0.3) is 0 Å². The van der Waals surface area contributed by atoms with Crippen molar-refractivity contribution in [2.45, 2.75) is 30.8 Å². The van der Waals surface area contributed by atoms with Crippen molar-refractivity contribution in [2.24, 2.45) is 5.92 Å². The molecular weight excluding hydrogens is 298 g/mol. The summed E-state index contributed by atoms with van der Waals surface area (Å²) < 4.78 is 75.0. The Morgan fingerprint density at radius 3 is 2.25 bits per heavy atom. The Morgan fingerprint density at radius 2 is 1.75 bits per heavy atom. The zero-order valence-corrected chi connectivity index (χ0v) is 11.6. The number of alkyl halides is 3. The van der Waals surface area contributed by atoms with E-state index in [4.69, 9.17) is 0 Å². The molecule has 0 radical (unpaired) electrons. The number of hydrogen-bond donors (Lipinski definition) is 1. The molecule has 1 aromatic carbocycles. The zero-order valence-electron chi connectivity index (χ0n) is 10.7. The molecule has 3 nitrogen and oxygen atoms in total. The number of benzene rings is 1. The van der Waals surface area contributed by atoms with Crippen LogP contribution in [0.3, 0.4) is 0 Å². The maximum Gasteiger partial charge on any atom is 0.391 e. The minimum Gasteiger partial charge on any atom is -0.211 e. The summed E-state index contributed by atoms with van der Waals surface area (Å²) in [5.41, 5.74) is 0. The van der Waals surface area contributed by atoms with Crippen LogP contribution >= 0.6 is 0 Å². The molecule has 1 aromatic rings. The first-order valence-corrected chi connectivity index (χ1v) is 7.43. The van der Waals surface area contributed by atoms with Crippen LogP contribution in [0.25, 0.3) is 0 Å². The van der Waals surface area contributed by atoms with Gasteiger partial charge in [-0.1, -0.05) is 6.92 Å². The summed E-state index contributed by atoms with van der Waals surface area (Å²) in [6.45, 7) is 0.953. The maximum absolute atomic E-state index is 12.7. The first-order chi connectivity index (χ1) is 9.13. The molecule has 0 amide bonds. The van der Waals surface area contributed by atoms with Gasteiger partial charge in [0.05, 0.1) is 10.8 Å². The van der Waals surface area contributed by atoms with Crippen molar-refractivity contribution in [3.63, 3.8) is 0 Å². The standard InChI is InChI=1S/C12H15F4NO2S/c1-9(12(14,15)16)3-2-8-17-20(18,19)11-6-4-10(13)5-7-11/h4-7,9,17H,2-3,8H2,1H3. The summed E-state index contributed by atoms with van der Waals surface area (Å²) in [5.74, 6) is -2.04. The summed E-state index contributed by atoms with van der Waals surface area (Å²) in [6, 6.07) is 4.19. The Kier molecular flexibility index (Phi) is 5.52. The molecule has 0 spiro atoms. The lowest BCUT2D eigenvalue weighted by Gasteiger charge is -2.15. The molecular formula is C12H15F4NO2S. The van der Waals surface area contributed by atoms with Gasteiger partial charge in [0, 0.05) is 6.54 Å². The van der Waals surface area contributed by atoms with Gasteiger partial charge in [0.1, 0.15) is 5.82 Å². The molecule has 114 valence electrons. The fraction of sp³-hybridized carbons (Fsp3) is 0.500. The average Bonchev–Trinajstić information content (AvgIpc) is 2.33. The van der Waals surface area contributed by atoms with Crippen molar-refractivity contribution in [3.8, 4) is 0 Å². The van der Waals surface area contributed by atoms with Crippen LogP contribution in [-0.2, 0) is 10.0 Å². The van der Waals surface area contributed by atoms with Crippen molar-refractivity contribution in [3.05, 3.63) is 30.1 Å². The Balaban J connectivity index is 2.47. The lowest BCUT2D eigenvalue weighted by atomic mass is 10.1. The fourth-order valence-electron chi connectivity index (χ4n) is 1.48. The topological polar surface area (TPSA) is 46.2 Å². The third-order valence-corrected chi connectivity index (χ3v) is 4.27. The highest BCUT2D eigenvalue weighted by Crippen LogP contribution is 2.28. The molecule has 1 unspecified atom stereocenters. The van der Waals surface area contributed by atoms with E-state index in [1.807, 2.05) is 0 Å². The second kappa shape index (κ2) is 6.53. The molecule has 0 aromatic heterocycles. The first-order valence-electron chi connectivity index (χ1n) is 5.95. The molecule has 1 atom stereocenters. The number of nitrogens with one attached hydrogen (secondary N) is 1. The van der Waals surface area contributed by atoms with Crippen LogP contribution in [0.5, 0.6) is 0 Å². The number of rotatable bonds is 6. The minimum absolute atomic E-state index is 0.0705. The summed E-state index contributed by atoms with van der Waals surface area (Å²) in [6.07, 6.45) is -4.35. The normalized spacial score (nSPS) is 14.2. The van der Waals surface area contributed by atoms with E-state index in [9.17, 15) is 26.0 Å². The molecule has 1 N–H and O–H groups in total. The van der Waals surface area contributed by atoms with E-state index < -0.39 is 27.9 Å². The summed E-state index contributed by atoms with van der Waals surface area (Å²) in [4.78, 5) is -0.122. The van der Waals surface area contributed by atoms with Crippen LogP contribution in [0.4, 0.5) is 17.6 Å². The average molecular weight is 313 g/mol. The van der Waals surface area contributed by atoms with Crippen molar-refractivity contribution in [2.75, 3.05) is 6.54 Å². The van der Waals surface area contributed by atoms with Gasteiger partial charge < -0.3 is 0 Å². The Hall–Kier alpha value is -1.15. The van der Waals surface area contributed by atoms with Crippen molar-refractivity contribution in [1.82, 2.24) is 4.72 Å². The molecule has 0 aliphatic rings. The van der Waals surface area contributed by atoms with E-state index in [1.54, 1.807) is 0 Å². The molecule has 0 aliphatic carbocycles. The van der Waals surface area contributed by atoms with E-state index in [-0.39, 0.29) is 24.3 Å². The van der Waals surface area contributed by atoms with Gasteiger partial charge >= 0.3 is 6.18 Å². The Bertz CT molecular complexity index is 525. The number of hydrogen-bond acceptors (Lipinski definition) is 2. The Morgan fingerprint density at radius 1 is 1.20 bits per heavy atom. The van der Waals surface area contributed by atoms with E-state index >= 15 is 0 Å². The highest BCUT2D eigenvalue weighted by atomic mass is 32.2. The van der Waals surface area contributed by atoms with Gasteiger partial charge in [-0.2, -0.15) is 13.2 Å². The quantitative estimate of drug-likeness (QED) is 0.648. The van der Waals surface area contributed by atoms with E-state index in [1.165, 1.54) is 0 Å². The first kappa shape index (κ1) is 16.9. The number of sulfonamides is 1. The second-order valence-electron chi connectivity index (χ2n) is 4.44. The van der Waals surface area contributed by atoms with E-state index in [0.29, 0.717) is 0 Å². The molecule has 0 fully saturated rings. The summed E-state index contributed by atoms with van der Waals surface area (Å²) >= 11 is 0. The van der Waals surface area contributed by atoms with Crippen LogP contribution in [0.1, 0.15) is 19.8 Å². The molecule has 0 bridgehead atoms. The van der Waals surface area contributed by atoms with Crippen molar-refractivity contribution in [1.29, 1.82) is 0 Å². The van der Waals surface area contributed by atoms with Gasteiger partial charge in [-0.25, -0.2) is 17.5 Å². The molecule has 0 heterocycles. The Labute approximate surface area is 115 Å². The number of halogens is 4. The molecule has 0 saturated carbocycles. The second-order valence-corrected chi connectivity index (χ2v) is 6.20. The maximum atomic E-state index is 12.7. The lowest BCUT2D eigenvalue weighted by Crippen LogP contribution is -2.26. The van der Waals surface area contributed by atoms with Crippen LogP contribution in [-0.4, -0.2) is 21.1 Å². The highest BCUT2D eigenvalue weighted by Gasteiger charge is 2.35. The fourth-order valence-corrected chi connectivity index (χ4v) is 2.55. The molecule has 8 heteroatoms. The predicted molar refractivity (Wildman–Crippen MR) is 66.0 cm³/mol. The van der Waals surface area contributed by atoms with Gasteiger partial charge in [-0.05, 0) is 37.1 Å². The largest absolute Gasteiger partial charge is 0.391 e. The highest BCUT2D eigenvalue weighted by molar-refractivity contribution is 7.89. The van der Waals surface area contributed by atoms with Crippen molar-refractivity contribution < 1.29 is 26.0 Å². The van der Waals surface area contributed by atoms with E-state index in [2.05, 4.69) is 4.72 Å². The molecule has 0 aliphatic heterocycles. The minimum atomic E-state index is -4.27. The third-order valence-electron chi connectivity index (χ3n) is 2.79. The monoisotopic (exact) mass is 313 g/mol. The van der Waals surface area contributed by atoms with Gasteiger partial charge in [0.2, 0.25) is 10.0 Å². The predicted octanol–water partition coefficient (Wildman–Crippen LogP) is 3.08. The van der Waals surface area contributed by atoms with Gasteiger partial charge in [-0.15, -0.1) is 0 Å². The molecule has 0 saturated heterocycles. The van der Waals surface area contributed by atoms with E-state index in [0.717, 1.165) is 31.2 Å². The zero-order chi connectivity index (χ0) is 15.4.